The van der Waals surface area contributed by atoms with Gasteiger partial charge in [0.25, 0.3) is 0 Å². The molecular formula is C15H11ClN2O4. The van der Waals surface area contributed by atoms with E-state index >= 15 is 0 Å². The first-order valence-corrected chi connectivity index (χ1v) is 6.79. The van der Waals surface area contributed by atoms with Crippen LogP contribution in [-0.4, -0.2) is 20.9 Å². The minimum Gasteiger partial charge on any atom is -0.478 e. The molecule has 0 aliphatic carbocycles. The van der Waals surface area contributed by atoms with Gasteiger partial charge in [-0.05, 0) is 37.6 Å². The topological polar surface area (TPSA) is 85.3 Å². The summed E-state index contributed by atoms with van der Waals surface area (Å²) in [7, 11) is 0. The monoisotopic (exact) mass is 318 g/mol. The summed E-state index contributed by atoms with van der Waals surface area (Å²) in [5, 5.41) is 14.4. The van der Waals surface area contributed by atoms with Gasteiger partial charge in [0.2, 0.25) is 5.71 Å². The van der Waals surface area contributed by atoms with E-state index < -0.39 is 11.6 Å². The van der Waals surface area contributed by atoms with Crippen LogP contribution >= 0.6 is 11.6 Å². The molecule has 0 bridgehead atoms. The maximum Gasteiger partial charge on any atom is 0.337 e. The predicted octanol–water partition coefficient (Wildman–Crippen LogP) is 2.95. The van der Waals surface area contributed by atoms with E-state index in [1.807, 2.05) is 0 Å². The molecule has 0 radical (unpaired) electrons. The molecule has 22 heavy (non-hydrogen) atoms. The Labute approximate surface area is 129 Å². The zero-order chi connectivity index (χ0) is 16.0. The van der Waals surface area contributed by atoms with Crippen molar-refractivity contribution in [1.82, 2.24) is 9.78 Å². The maximum absolute atomic E-state index is 11.6. The Morgan fingerprint density at radius 2 is 2.05 bits per heavy atom. The van der Waals surface area contributed by atoms with Gasteiger partial charge in [-0.3, -0.25) is 0 Å². The molecule has 0 amide bonds. The van der Waals surface area contributed by atoms with Crippen molar-refractivity contribution in [2.24, 2.45) is 0 Å². The number of rotatable bonds is 2. The lowest BCUT2D eigenvalue weighted by Gasteiger charge is -2.05. The molecule has 0 spiro atoms. The van der Waals surface area contributed by atoms with Crippen LogP contribution in [0.3, 0.4) is 0 Å². The molecule has 0 saturated heterocycles. The SMILES string of the molecule is Cc1cc(=O)oc2c1c(C)nn2-c1ccc(Cl)c(C(=O)O)c1. The molecule has 3 aromatic rings. The van der Waals surface area contributed by atoms with E-state index in [-0.39, 0.29) is 16.3 Å². The van der Waals surface area contributed by atoms with Gasteiger partial charge in [0.15, 0.2) is 0 Å². The molecule has 0 unspecified atom stereocenters. The van der Waals surface area contributed by atoms with Gasteiger partial charge in [-0.2, -0.15) is 9.78 Å². The highest BCUT2D eigenvalue weighted by Crippen LogP contribution is 2.25. The van der Waals surface area contributed by atoms with Crippen LogP contribution in [0.25, 0.3) is 16.8 Å². The molecule has 3 rings (SSSR count). The highest BCUT2D eigenvalue weighted by molar-refractivity contribution is 6.33. The molecule has 1 aromatic carbocycles. The van der Waals surface area contributed by atoms with Crippen molar-refractivity contribution in [2.45, 2.75) is 13.8 Å². The van der Waals surface area contributed by atoms with E-state index in [9.17, 15) is 9.59 Å². The number of nitrogens with zero attached hydrogens (tertiary/aromatic N) is 2. The lowest BCUT2D eigenvalue weighted by atomic mass is 10.2. The van der Waals surface area contributed by atoms with E-state index in [4.69, 9.17) is 21.1 Å². The Bertz CT molecular complexity index is 972. The standard InChI is InChI=1S/C15H11ClN2O4/c1-7-5-12(19)22-14-13(7)8(2)17-18(14)9-3-4-11(16)10(6-9)15(20)21/h3-6H,1-2H3,(H,20,21). The molecule has 6 nitrogen and oxygen atoms in total. The summed E-state index contributed by atoms with van der Waals surface area (Å²) < 4.78 is 6.65. The van der Waals surface area contributed by atoms with E-state index in [1.54, 1.807) is 19.9 Å². The normalized spacial score (nSPS) is 11.0. The van der Waals surface area contributed by atoms with Crippen molar-refractivity contribution >= 4 is 28.7 Å². The Morgan fingerprint density at radius 3 is 2.73 bits per heavy atom. The predicted molar refractivity (Wildman–Crippen MR) is 81.0 cm³/mol. The van der Waals surface area contributed by atoms with Gasteiger partial charge in [-0.1, -0.05) is 11.6 Å². The third kappa shape index (κ3) is 2.17. The summed E-state index contributed by atoms with van der Waals surface area (Å²) in [6.07, 6.45) is 0. The molecular weight excluding hydrogens is 308 g/mol. The van der Waals surface area contributed by atoms with Crippen LogP contribution in [0.4, 0.5) is 0 Å². The van der Waals surface area contributed by atoms with Crippen molar-refractivity contribution in [2.75, 3.05) is 0 Å². The molecule has 112 valence electrons. The fraction of sp³-hybridized carbons (Fsp3) is 0.133. The summed E-state index contributed by atoms with van der Waals surface area (Å²) in [6, 6.07) is 5.87. The minimum absolute atomic E-state index is 0.0459. The fourth-order valence-electron chi connectivity index (χ4n) is 2.41. The maximum atomic E-state index is 11.6. The first-order chi connectivity index (χ1) is 10.4. The van der Waals surface area contributed by atoms with Gasteiger partial charge >= 0.3 is 11.6 Å². The Morgan fingerprint density at radius 1 is 1.32 bits per heavy atom. The van der Waals surface area contributed by atoms with E-state index in [0.717, 1.165) is 10.9 Å². The molecule has 2 aromatic heterocycles. The molecule has 0 saturated carbocycles. The highest BCUT2D eigenvalue weighted by Gasteiger charge is 2.17. The molecule has 0 aliphatic heterocycles. The molecule has 2 heterocycles. The molecule has 0 aliphatic rings. The highest BCUT2D eigenvalue weighted by atomic mass is 35.5. The first-order valence-electron chi connectivity index (χ1n) is 6.42. The van der Waals surface area contributed by atoms with E-state index in [2.05, 4.69) is 5.10 Å². The number of aromatic nitrogens is 2. The van der Waals surface area contributed by atoms with Crippen molar-refractivity contribution < 1.29 is 14.3 Å². The molecule has 7 heteroatoms. The number of fused-ring (bicyclic) bond motifs is 1. The van der Waals surface area contributed by atoms with Gasteiger partial charge in [0, 0.05) is 6.07 Å². The Hall–Kier alpha value is -2.60. The van der Waals surface area contributed by atoms with Gasteiger partial charge in [-0.15, -0.1) is 0 Å². The largest absolute Gasteiger partial charge is 0.478 e. The zero-order valence-electron chi connectivity index (χ0n) is 11.8. The van der Waals surface area contributed by atoms with E-state index in [1.165, 1.54) is 22.9 Å². The van der Waals surface area contributed by atoms with Gasteiger partial charge in [0.05, 0.1) is 27.4 Å². The summed E-state index contributed by atoms with van der Waals surface area (Å²) in [5.41, 5.74) is 1.63. The number of aromatic carboxylic acids is 1. The second-order valence-electron chi connectivity index (χ2n) is 4.90. The molecule has 0 atom stereocenters. The number of carbonyl (C=O) groups is 1. The van der Waals surface area contributed by atoms with Crippen LogP contribution < -0.4 is 5.63 Å². The van der Waals surface area contributed by atoms with Crippen LogP contribution in [0.15, 0.2) is 33.5 Å². The Kier molecular flexibility index (Phi) is 3.26. The average Bonchev–Trinajstić information content (AvgIpc) is 2.76. The number of aryl methyl sites for hydroxylation is 2. The van der Waals surface area contributed by atoms with Crippen LogP contribution in [0.1, 0.15) is 21.6 Å². The van der Waals surface area contributed by atoms with Crippen molar-refractivity contribution in [3.05, 3.63) is 56.5 Å². The summed E-state index contributed by atoms with van der Waals surface area (Å²) >= 11 is 5.87. The number of benzene rings is 1. The summed E-state index contributed by atoms with van der Waals surface area (Å²) in [4.78, 5) is 22.8. The zero-order valence-corrected chi connectivity index (χ0v) is 12.5. The number of hydrogen-bond acceptors (Lipinski definition) is 4. The third-order valence-corrected chi connectivity index (χ3v) is 3.70. The average molecular weight is 319 g/mol. The van der Waals surface area contributed by atoms with Crippen LogP contribution in [0.5, 0.6) is 0 Å². The summed E-state index contributed by atoms with van der Waals surface area (Å²) in [5.74, 6) is -1.14. The van der Waals surface area contributed by atoms with Crippen molar-refractivity contribution in [3.63, 3.8) is 0 Å². The quantitative estimate of drug-likeness (QED) is 0.785. The number of carboxylic acid groups (broad SMARTS) is 1. The fourth-order valence-corrected chi connectivity index (χ4v) is 2.61. The minimum atomic E-state index is -1.14. The number of halogens is 1. The van der Waals surface area contributed by atoms with Crippen molar-refractivity contribution in [3.8, 4) is 5.69 Å². The smallest absolute Gasteiger partial charge is 0.337 e. The van der Waals surface area contributed by atoms with E-state index in [0.29, 0.717) is 11.4 Å². The lowest BCUT2D eigenvalue weighted by molar-refractivity contribution is 0.0697. The summed E-state index contributed by atoms with van der Waals surface area (Å²) in [6.45, 7) is 3.59. The third-order valence-electron chi connectivity index (χ3n) is 3.37. The number of carboxylic acids is 1. The van der Waals surface area contributed by atoms with Crippen LogP contribution in [0, 0.1) is 13.8 Å². The van der Waals surface area contributed by atoms with Crippen LogP contribution in [0.2, 0.25) is 5.02 Å². The molecule has 1 N–H and O–H groups in total. The van der Waals surface area contributed by atoms with Gasteiger partial charge in [-0.25, -0.2) is 9.59 Å². The van der Waals surface area contributed by atoms with Crippen molar-refractivity contribution in [1.29, 1.82) is 0 Å². The first kappa shape index (κ1) is 14.3. The lowest BCUT2D eigenvalue weighted by Crippen LogP contribution is -2.04. The van der Waals surface area contributed by atoms with Gasteiger partial charge < -0.3 is 9.52 Å². The second-order valence-corrected chi connectivity index (χ2v) is 5.30. The van der Waals surface area contributed by atoms with Crippen LogP contribution in [-0.2, 0) is 0 Å². The number of hydrogen-bond donors (Lipinski definition) is 1. The second kappa shape index (κ2) is 4.99. The Balaban J connectivity index is 2.34. The molecule has 0 fully saturated rings. The van der Waals surface area contributed by atoms with Gasteiger partial charge in [0.1, 0.15) is 0 Å².